The highest BCUT2D eigenvalue weighted by Gasteiger charge is 2.14. The minimum absolute atomic E-state index is 0.0108. The molecule has 29 heavy (non-hydrogen) atoms. The van der Waals surface area contributed by atoms with E-state index in [1.807, 2.05) is 44.2 Å². The highest BCUT2D eigenvalue weighted by molar-refractivity contribution is 7.99. The Morgan fingerprint density at radius 2 is 1.83 bits per heavy atom. The van der Waals surface area contributed by atoms with Gasteiger partial charge < -0.3 is 5.32 Å². The van der Waals surface area contributed by atoms with E-state index < -0.39 is 0 Å². The Morgan fingerprint density at radius 3 is 2.48 bits per heavy atom. The zero-order valence-corrected chi connectivity index (χ0v) is 17.7. The summed E-state index contributed by atoms with van der Waals surface area (Å²) in [7, 11) is 0. The minimum Gasteiger partial charge on any atom is -0.350 e. The SMILES string of the molecule is CC(=O)N[C@H](C)c1ccc(C(=O)CSc2nnnn2-c2ccc(C)c(C)c2)cc1. The summed E-state index contributed by atoms with van der Waals surface area (Å²) in [5.74, 6) is 0.130. The van der Waals surface area contributed by atoms with Gasteiger partial charge in [-0.25, -0.2) is 0 Å². The quantitative estimate of drug-likeness (QED) is 0.475. The van der Waals surface area contributed by atoms with Gasteiger partial charge in [0.25, 0.3) is 0 Å². The predicted molar refractivity (Wildman–Crippen MR) is 112 cm³/mol. The fraction of sp³-hybridized carbons (Fsp3) is 0.286. The van der Waals surface area contributed by atoms with E-state index in [0.717, 1.165) is 16.8 Å². The Kier molecular flexibility index (Phi) is 6.43. The Labute approximate surface area is 173 Å². The molecule has 0 saturated heterocycles. The molecule has 0 aliphatic heterocycles. The van der Waals surface area contributed by atoms with Gasteiger partial charge >= 0.3 is 0 Å². The molecule has 0 unspecified atom stereocenters. The molecule has 2 aromatic carbocycles. The molecule has 1 atom stereocenters. The van der Waals surface area contributed by atoms with Crippen molar-refractivity contribution in [3.63, 3.8) is 0 Å². The van der Waals surface area contributed by atoms with E-state index in [-0.39, 0.29) is 23.5 Å². The molecule has 1 N–H and O–H groups in total. The normalized spacial score (nSPS) is 11.9. The summed E-state index contributed by atoms with van der Waals surface area (Å²) in [4.78, 5) is 23.8. The molecule has 7 nitrogen and oxygen atoms in total. The fourth-order valence-electron chi connectivity index (χ4n) is 2.85. The standard InChI is InChI=1S/C21H23N5O2S/c1-13-5-10-19(11-14(13)2)26-21(23-24-25-26)29-12-20(28)18-8-6-17(7-9-18)15(3)22-16(4)27/h5-11,15H,12H2,1-4H3,(H,22,27)/t15-/m1/s1. The van der Waals surface area contributed by atoms with Gasteiger partial charge in [0.05, 0.1) is 17.5 Å². The number of Topliss-reactive ketones (excluding diaryl/α,β-unsaturated/α-hetero) is 1. The second kappa shape index (κ2) is 9.00. The van der Waals surface area contributed by atoms with Crippen LogP contribution in [0, 0.1) is 13.8 Å². The zero-order valence-electron chi connectivity index (χ0n) is 16.8. The maximum absolute atomic E-state index is 12.6. The molecule has 8 heteroatoms. The van der Waals surface area contributed by atoms with Crippen molar-refractivity contribution in [1.29, 1.82) is 0 Å². The number of hydrogen-bond donors (Lipinski definition) is 1. The van der Waals surface area contributed by atoms with Gasteiger partial charge in [0.1, 0.15) is 0 Å². The summed E-state index contributed by atoms with van der Waals surface area (Å²) in [5, 5.41) is 15.2. The monoisotopic (exact) mass is 409 g/mol. The van der Waals surface area contributed by atoms with Crippen LogP contribution < -0.4 is 5.32 Å². The lowest BCUT2D eigenvalue weighted by Crippen LogP contribution is -2.23. The van der Waals surface area contributed by atoms with Crippen LogP contribution >= 0.6 is 11.8 Å². The van der Waals surface area contributed by atoms with Crippen LogP contribution in [0.25, 0.3) is 5.69 Å². The maximum atomic E-state index is 12.6. The van der Waals surface area contributed by atoms with Crippen LogP contribution in [0.2, 0.25) is 0 Å². The number of carbonyl (C=O) groups is 2. The van der Waals surface area contributed by atoms with Crippen LogP contribution in [0.4, 0.5) is 0 Å². The first-order chi connectivity index (χ1) is 13.8. The molecular formula is C21H23N5O2S. The van der Waals surface area contributed by atoms with Crippen LogP contribution in [0.1, 0.15) is 46.9 Å². The van der Waals surface area contributed by atoms with Gasteiger partial charge in [0.15, 0.2) is 5.78 Å². The molecule has 1 aromatic heterocycles. The molecule has 0 saturated carbocycles. The number of carbonyl (C=O) groups excluding carboxylic acids is 2. The molecule has 0 aliphatic carbocycles. The number of aryl methyl sites for hydroxylation is 2. The fourth-order valence-corrected chi connectivity index (χ4v) is 3.63. The van der Waals surface area contributed by atoms with E-state index in [9.17, 15) is 9.59 Å². The van der Waals surface area contributed by atoms with Crippen molar-refractivity contribution in [2.45, 2.75) is 38.9 Å². The lowest BCUT2D eigenvalue weighted by Gasteiger charge is -2.13. The van der Waals surface area contributed by atoms with Crippen molar-refractivity contribution in [3.8, 4) is 5.69 Å². The Hall–Kier alpha value is -3.00. The van der Waals surface area contributed by atoms with Crippen molar-refractivity contribution in [1.82, 2.24) is 25.5 Å². The smallest absolute Gasteiger partial charge is 0.217 e. The topological polar surface area (TPSA) is 89.8 Å². The van der Waals surface area contributed by atoms with Crippen molar-refractivity contribution < 1.29 is 9.59 Å². The van der Waals surface area contributed by atoms with Gasteiger partial charge in [0, 0.05) is 12.5 Å². The van der Waals surface area contributed by atoms with Gasteiger partial charge in [-0.3, -0.25) is 9.59 Å². The molecule has 0 fully saturated rings. The lowest BCUT2D eigenvalue weighted by molar-refractivity contribution is -0.119. The summed E-state index contributed by atoms with van der Waals surface area (Å²) in [5.41, 5.74) is 4.77. The third kappa shape index (κ3) is 5.08. The number of aromatic nitrogens is 4. The van der Waals surface area contributed by atoms with Crippen LogP contribution in [-0.4, -0.2) is 37.7 Å². The largest absolute Gasteiger partial charge is 0.350 e. The van der Waals surface area contributed by atoms with E-state index >= 15 is 0 Å². The summed E-state index contributed by atoms with van der Waals surface area (Å²) in [6.07, 6.45) is 0. The predicted octanol–water partition coefficient (Wildman–Crippen LogP) is 3.45. The Balaban J connectivity index is 1.66. The molecule has 3 rings (SSSR count). The number of ketones is 1. The number of nitrogens with one attached hydrogen (secondary N) is 1. The number of tetrazole rings is 1. The molecule has 1 amide bonds. The molecule has 3 aromatic rings. The van der Waals surface area contributed by atoms with Gasteiger partial charge in [-0.2, -0.15) is 4.68 Å². The maximum Gasteiger partial charge on any atom is 0.217 e. The van der Waals surface area contributed by atoms with Crippen LogP contribution in [0.15, 0.2) is 47.6 Å². The molecule has 0 radical (unpaired) electrons. The number of amides is 1. The van der Waals surface area contributed by atoms with E-state index in [4.69, 9.17) is 0 Å². The summed E-state index contributed by atoms with van der Waals surface area (Å²) in [6, 6.07) is 13.2. The number of benzene rings is 2. The minimum atomic E-state index is -0.103. The first-order valence-electron chi connectivity index (χ1n) is 9.24. The highest BCUT2D eigenvalue weighted by atomic mass is 32.2. The summed E-state index contributed by atoms with van der Waals surface area (Å²) in [6.45, 7) is 7.48. The third-order valence-electron chi connectivity index (χ3n) is 4.66. The molecule has 1 heterocycles. The van der Waals surface area contributed by atoms with E-state index in [0.29, 0.717) is 10.7 Å². The number of rotatable bonds is 7. The molecule has 0 bridgehead atoms. The average molecular weight is 410 g/mol. The van der Waals surface area contributed by atoms with E-state index in [1.165, 1.54) is 24.2 Å². The molecule has 0 aliphatic rings. The second-order valence-corrected chi connectivity index (χ2v) is 7.84. The van der Waals surface area contributed by atoms with Crippen molar-refractivity contribution in [2.24, 2.45) is 0 Å². The van der Waals surface area contributed by atoms with Crippen LogP contribution in [0.3, 0.4) is 0 Å². The van der Waals surface area contributed by atoms with Crippen molar-refractivity contribution in [3.05, 3.63) is 64.7 Å². The van der Waals surface area contributed by atoms with Gasteiger partial charge in [0.2, 0.25) is 11.1 Å². The van der Waals surface area contributed by atoms with Crippen LogP contribution in [0.5, 0.6) is 0 Å². The van der Waals surface area contributed by atoms with E-state index in [1.54, 1.807) is 16.8 Å². The number of thioether (sulfide) groups is 1. The van der Waals surface area contributed by atoms with Crippen molar-refractivity contribution >= 4 is 23.5 Å². The number of hydrogen-bond acceptors (Lipinski definition) is 6. The number of nitrogens with zero attached hydrogens (tertiary/aromatic N) is 4. The van der Waals surface area contributed by atoms with Gasteiger partial charge in [-0.15, -0.1) is 5.10 Å². The van der Waals surface area contributed by atoms with E-state index in [2.05, 4.69) is 27.8 Å². The van der Waals surface area contributed by atoms with Gasteiger partial charge in [-0.05, 0) is 60.0 Å². The molecular weight excluding hydrogens is 386 g/mol. The summed E-state index contributed by atoms with van der Waals surface area (Å²) < 4.78 is 1.64. The average Bonchev–Trinajstić information content (AvgIpc) is 3.16. The zero-order chi connectivity index (χ0) is 21.0. The molecule has 150 valence electrons. The lowest BCUT2D eigenvalue weighted by atomic mass is 10.0. The first-order valence-corrected chi connectivity index (χ1v) is 10.2. The molecule has 0 spiro atoms. The van der Waals surface area contributed by atoms with Crippen molar-refractivity contribution in [2.75, 3.05) is 5.75 Å². The second-order valence-electron chi connectivity index (χ2n) is 6.90. The Bertz CT molecular complexity index is 1030. The summed E-state index contributed by atoms with van der Waals surface area (Å²) >= 11 is 1.30. The third-order valence-corrected chi connectivity index (χ3v) is 5.58. The Morgan fingerprint density at radius 1 is 1.10 bits per heavy atom. The highest BCUT2D eigenvalue weighted by Crippen LogP contribution is 2.21. The van der Waals surface area contributed by atoms with Gasteiger partial charge in [-0.1, -0.05) is 42.1 Å². The first kappa shape index (κ1) is 20.7. The van der Waals surface area contributed by atoms with Crippen LogP contribution in [-0.2, 0) is 4.79 Å².